The second-order valence-electron chi connectivity index (χ2n) is 3.96. The van der Waals surface area contributed by atoms with E-state index in [2.05, 4.69) is 25.6 Å². The predicted octanol–water partition coefficient (Wildman–Crippen LogP) is 1.25. The quantitative estimate of drug-likeness (QED) is 0.852. The van der Waals surface area contributed by atoms with Gasteiger partial charge >= 0.3 is 0 Å². The zero-order valence-corrected chi connectivity index (χ0v) is 11.1. The van der Waals surface area contributed by atoms with Gasteiger partial charge in [0.15, 0.2) is 0 Å². The largest absolute Gasteiger partial charge is 0.333 e. The van der Waals surface area contributed by atoms with Gasteiger partial charge in [-0.2, -0.15) is 0 Å². The van der Waals surface area contributed by atoms with Crippen molar-refractivity contribution >= 4 is 26.0 Å². The minimum atomic E-state index is -3.19. The summed E-state index contributed by atoms with van der Waals surface area (Å²) in [5.41, 5.74) is 0. The highest BCUT2D eigenvalue weighted by Crippen LogP contribution is 2.30. The van der Waals surface area contributed by atoms with Crippen LogP contribution in [0.15, 0.2) is 18.7 Å². The lowest BCUT2D eigenvalue weighted by molar-refractivity contribution is 0.432. The molecule has 1 aromatic heterocycles. The highest BCUT2D eigenvalue weighted by molar-refractivity contribution is 9.10. The number of hydrogen-bond acceptors (Lipinski definition) is 3. The number of alkyl halides is 1. The maximum atomic E-state index is 11.5. The topological polar surface area (TPSA) is 64.0 Å². The first-order valence-electron chi connectivity index (χ1n) is 5.16. The Bertz CT molecular complexity index is 432. The highest BCUT2D eigenvalue weighted by atomic mass is 79.9. The molecule has 0 spiro atoms. The SMILES string of the molecule is O=S(=O)(CBr)NC1CCCC1n1ccnc1. The van der Waals surface area contributed by atoms with E-state index in [0.717, 1.165) is 19.3 Å². The normalized spacial score (nSPS) is 26.1. The second-order valence-corrected chi connectivity index (χ2v) is 7.01. The number of rotatable bonds is 4. The molecule has 0 radical (unpaired) electrons. The molecule has 7 heteroatoms. The van der Waals surface area contributed by atoms with Gasteiger partial charge in [-0.05, 0) is 19.3 Å². The summed E-state index contributed by atoms with van der Waals surface area (Å²) in [7, 11) is -3.19. The lowest BCUT2D eigenvalue weighted by atomic mass is 10.2. The molecule has 0 aliphatic heterocycles. The van der Waals surface area contributed by atoms with Crippen LogP contribution in [0.4, 0.5) is 0 Å². The van der Waals surface area contributed by atoms with Crippen LogP contribution in [-0.2, 0) is 10.0 Å². The van der Waals surface area contributed by atoms with E-state index in [1.54, 1.807) is 12.5 Å². The fraction of sp³-hybridized carbons (Fsp3) is 0.667. The standard InChI is InChI=1S/C9H14BrN3O2S/c10-6-16(14,15)12-8-2-1-3-9(8)13-5-4-11-7-13/h4-5,7-9,12H,1-3,6H2. The van der Waals surface area contributed by atoms with Crippen molar-refractivity contribution in [1.29, 1.82) is 0 Å². The van der Waals surface area contributed by atoms with E-state index in [4.69, 9.17) is 0 Å². The molecule has 1 aliphatic rings. The molecule has 2 atom stereocenters. The number of imidazole rings is 1. The first-order chi connectivity index (χ1) is 7.62. The highest BCUT2D eigenvalue weighted by Gasteiger charge is 2.31. The smallest absolute Gasteiger partial charge is 0.221 e. The van der Waals surface area contributed by atoms with Crippen LogP contribution in [-0.4, -0.2) is 28.7 Å². The fourth-order valence-corrected chi connectivity index (χ4v) is 3.36. The number of hydrogen-bond donors (Lipinski definition) is 1. The summed E-state index contributed by atoms with van der Waals surface area (Å²) in [6.45, 7) is 0. The van der Waals surface area contributed by atoms with Crippen LogP contribution in [0.2, 0.25) is 0 Å². The number of nitrogens with zero attached hydrogens (tertiary/aromatic N) is 2. The fourth-order valence-electron chi connectivity index (χ4n) is 2.16. The molecule has 2 rings (SSSR count). The average Bonchev–Trinajstić information content (AvgIpc) is 2.86. The van der Waals surface area contributed by atoms with Crippen molar-refractivity contribution in [3.8, 4) is 0 Å². The van der Waals surface area contributed by atoms with E-state index in [1.807, 2.05) is 10.8 Å². The average molecular weight is 308 g/mol. The van der Waals surface area contributed by atoms with Gasteiger partial charge in [-0.1, -0.05) is 15.9 Å². The van der Waals surface area contributed by atoms with Gasteiger partial charge in [0.25, 0.3) is 0 Å². The Hall–Kier alpha value is -0.400. The van der Waals surface area contributed by atoms with Crippen molar-refractivity contribution in [3.63, 3.8) is 0 Å². The zero-order chi connectivity index (χ0) is 11.6. The molecule has 5 nitrogen and oxygen atoms in total. The third-order valence-corrected chi connectivity index (χ3v) is 5.62. The molecule has 0 amide bonds. The molecule has 1 aromatic rings. The molecular formula is C9H14BrN3O2S. The van der Waals surface area contributed by atoms with E-state index in [1.165, 1.54) is 0 Å². The number of sulfonamides is 1. The van der Waals surface area contributed by atoms with E-state index < -0.39 is 10.0 Å². The van der Waals surface area contributed by atoms with Gasteiger partial charge < -0.3 is 4.57 Å². The van der Waals surface area contributed by atoms with Crippen molar-refractivity contribution < 1.29 is 8.42 Å². The Balaban J connectivity index is 2.10. The van der Waals surface area contributed by atoms with Crippen LogP contribution >= 0.6 is 15.9 Å². The first-order valence-corrected chi connectivity index (χ1v) is 7.93. The first kappa shape index (κ1) is 12.1. The van der Waals surface area contributed by atoms with Gasteiger partial charge in [-0.3, -0.25) is 0 Å². The molecular weight excluding hydrogens is 294 g/mol. The number of halogens is 1. The number of aromatic nitrogens is 2. The summed E-state index contributed by atoms with van der Waals surface area (Å²) in [6.07, 6.45) is 8.25. The molecule has 1 saturated carbocycles. The minimum absolute atomic E-state index is 0.0169. The van der Waals surface area contributed by atoms with Crippen molar-refractivity contribution in [2.75, 3.05) is 4.66 Å². The van der Waals surface area contributed by atoms with Crippen molar-refractivity contribution in [3.05, 3.63) is 18.7 Å². The Morgan fingerprint density at radius 2 is 2.31 bits per heavy atom. The monoisotopic (exact) mass is 307 g/mol. The van der Waals surface area contributed by atoms with E-state index in [-0.39, 0.29) is 16.7 Å². The van der Waals surface area contributed by atoms with Gasteiger partial charge in [-0.25, -0.2) is 18.1 Å². The second kappa shape index (κ2) is 4.85. The van der Waals surface area contributed by atoms with E-state index in [0.29, 0.717) is 0 Å². The third kappa shape index (κ3) is 2.64. The lowest BCUT2D eigenvalue weighted by Gasteiger charge is -2.21. The third-order valence-electron chi connectivity index (χ3n) is 2.86. The maximum Gasteiger partial charge on any atom is 0.221 e. The molecule has 1 aliphatic carbocycles. The summed E-state index contributed by atoms with van der Waals surface area (Å²) >= 11 is 2.98. The summed E-state index contributed by atoms with van der Waals surface area (Å²) < 4.78 is 27.6. The van der Waals surface area contributed by atoms with Crippen molar-refractivity contribution in [2.24, 2.45) is 0 Å². The van der Waals surface area contributed by atoms with Gasteiger partial charge in [-0.15, -0.1) is 0 Å². The van der Waals surface area contributed by atoms with E-state index >= 15 is 0 Å². The van der Waals surface area contributed by atoms with Crippen LogP contribution in [0.3, 0.4) is 0 Å². The van der Waals surface area contributed by atoms with Crippen LogP contribution in [0.5, 0.6) is 0 Å². The summed E-state index contributed by atoms with van der Waals surface area (Å²) in [5.74, 6) is 0. The van der Waals surface area contributed by atoms with Crippen LogP contribution in [0.25, 0.3) is 0 Å². The predicted molar refractivity (Wildman–Crippen MR) is 64.8 cm³/mol. The Morgan fingerprint density at radius 3 is 2.94 bits per heavy atom. The lowest BCUT2D eigenvalue weighted by Crippen LogP contribution is -2.38. The van der Waals surface area contributed by atoms with Crippen LogP contribution in [0, 0.1) is 0 Å². The van der Waals surface area contributed by atoms with Crippen LogP contribution < -0.4 is 4.72 Å². The van der Waals surface area contributed by atoms with Gasteiger partial charge in [0.1, 0.15) is 4.66 Å². The molecule has 2 unspecified atom stereocenters. The van der Waals surface area contributed by atoms with E-state index in [9.17, 15) is 8.42 Å². The number of nitrogens with one attached hydrogen (secondary N) is 1. The Labute approximate surface area is 103 Å². The molecule has 0 bridgehead atoms. The molecule has 0 aromatic carbocycles. The molecule has 1 fully saturated rings. The van der Waals surface area contributed by atoms with Gasteiger partial charge in [0.2, 0.25) is 10.0 Å². The summed E-state index contributed by atoms with van der Waals surface area (Å²) in [4.78, 5) is 3.99. The summed E-state index contributed by atoms with van der Waals surface area (Å²) in [5, 5.41) is 0. The van der Waals surface area contributed by atoms with Crippen molar-refractivity contribution in [1.82, 2.24) is 14.3 Å². The molecule has 0 saturated heterocycles. The summed E-state index contributed by atoms with van der Waals surface area (Å²) in [6, 6.07) is 0.174. The molecule has 1 N–H and O–H groups in total. The molecule has 16 heavy (non-hydrogen) atoms. The molecule has 90 valence electrons. The Kier molecular flexibility index (Phi) is 3.66. The Morgan fingerprint density at radius 1 is 1.50 bits per heavy atom. The van der Waals surface area contributed by atoms with Crippen LogP contribution in [0.1, 0.15) is 25.3 Å². The maximum absolute atomic E-state index is 11.5. The van der Waals surface area contributed by atoms with Crippen molar-refractivity contribution in [2.45, 2.75) is 31.3 Å². The van der Waals surface area contributed by atoms with Gasteiger partial charge in [0, 0.05) is 18.4 Å². The zero-order valence-electron chi connectivity index (χ0n) is 8.71. The minimum Gasteiger partial charge on any atom is -0.333 e. The molecule has 1 heterocycles. The van der Waals surface area contributed by atoms with Gasteiger partial charge in [0.05, 0.1) is 12.4 Å².